The van der Waals surface area contributed by atoms with Gasteiger partial charge in [-0.1, -0.05) is 13.8 Å². The highest BCUT2D eigenvalue weighted by molar-refractivity contribution is 7.89. The average Bonchev–Trinajstić information content (AvgIpc) is 3.99. The van der Waals surface area contributed by atoms with Gasteiger partial charge in [-0.25, -0.2) is 22.3 Å². The SMILES string of the molecule is CC(=O)O[C@H]1[C@H]2[C@@H]([C@@H](O)[C@H](NS(=O)(=O)c3ccc(F)cc3)C3C[C@@H]4O[C@@H]4[C@H](O)[C@@]32C)[C@@H]2[C@@H](O)[C@@H]3[C@H]([C@H](C)[C@H]4O[C@]45OC(=O)[C@@](C)(O)[C@]35C)[C@@]2(C(C)=O)[C@H]1O. The van der Waals surface area contributed by atoms with E-state index in [1.54, 1.807) is 13.8 Å². The molecule has 54 heavy (non-hydrogen) atoms. The minimum atomic E-state index is -4.50. The van der Waals surface area contributed by atoms with Gasteiger partial charge in [-0.3, -0.25) is 9.59 Å². The zero-order chi connectivity index (χ0) is 39.2. The fourth-order valence-electron chi connectivity index (χ4n) is 13.7. The summed E-state index contributed by atoms with van der Waals surface area (Å²) in [4.78, 5) is 40.6. The number of halogens is 1. The van der Waals surface area contributed by atoms with Crippen LogP contribution in [0.1, 0.15) is 48.0 Å². The van der Waals surface area contributed by atoms with Gasteiger partial charge in [0.25, 0.3) is 0 Å². The maximum absolute atomic E-state index is 14.6. The van der Waals surface area contributed by atoms with E-state index >= 15 is 0 Å². The molecule has 5 aliphatic carbocycles. The van der Waals surface area contributed by atoms with Crippen molar-refractivity contribution in [3.8, 4) is 0 Å². The highest BCUT2D eigenvalue weighted by Gasteiger charge is 2.93. The Morgan fingerprint density at radius 3 is 2.22 bits per heavy atom. The van der Waals surface area contributed by atoms with Crippen LogP contribution in [0.3, 0.4) is 0 Å². The van der Waals surface area contributed by atoms with Gasteiger partial charge >= 0.3 is 11.9 Å². The van der Waals surface area contributed by atoms with E-state index < -0.39 is 157 Å². The number of nitrogens with one attached hydrogen (secondary N) is 1. The van der Waals surface area contributed by atoms with E-state index in [-0.39, 0.29) is 11.3 Å². The van der Waals surface area contributed by atoms with Crippen molar-refractivity contribution < 1.29 is 71.7 Å². The second kappa shape index (κ2) is 10.9. The van der Waals surface area contributed by atoms with Gasteiger partial charge in [0, 0.05) is 30.1 Å². The van der Waals surface area contributed by atoms with Gasteiger partial charge in [0.2, 0.25) is 15.8 Å². The fraction of sp³-hybridized carbons (Fsp3) is 0.757. The van der Waals surface area contributed by atoms with Crippen LogP contribution in [0.2, 0.25) is 0 Å². The first kappa shape index (κ1) is 37.0. The molecule has 5 saturated carbocycles. The number of carbonyl (C=O) groups is 3. The molecule has 21 atom stereocenters. The Hall–Kier alpha value is -2.61. The average molecular weight is 780 g/mol. The molecule has 15 nitrogen and oxygen atoms in total. The quantitative estimate of drug-likeness (QED) is 0.162. The molecule has 1 aromatic carbocycles. The van der Waals surface area contributed by atoms with E-state index in [1.165, 1.54) is 20.8 Å². The van der Waals surface area contributed by atoms with Crippen molar-refractivity contribution in [3.63, 3.8) is 0 Å². The molecule has 6 N–H and O–H groups in total. The summed E-state index contributed by atoms with van der Waals surface area (Å²) < 4.78 is 68.2. The maximum Gasteiger partial charge on any atom is 0.341 e. The zero-order valence-electron chi connectivity index (χ0n) is 30.5. The molecule has 0 amide bonds. The molecule has 1 aromatic rings. The molecule has 3 saturated heterocycles. The van der Waals surface area contributed by atoms with E-state index in [9.17, 15) is 52.7 Å². The molecule has 1 unspecified atom stereocenters. The van der Waals surface area contributed by atoms with Crippen LogP contribution in [0.25, 0.3) is 0 Å². The van der Waals surface area contributed by atoms with Gasteiger partial charge < -0.3 is 44.5 Å². The van der Waals surface area contributed by atoms with Gasteiger partial charge in [0.15, 0.2) is 5.60 Å². The molecule has 17 heteroatoms. The molecule has 8 aliphatic rings. The highest BCUT2D eigenvalue weighted by atomic mass is 32.2. The molecule has 0 bridgehead atoms. The number of rotatable bonds is 5. The fourth-order valence-corrected chi connectivity index (χ4v) is 15.0. The molecule has 1 spiro atoms. The number of hydrogen-bond acceptors (Lipinski definition) is 14. The van der Waals surface area contributed by atoms with Crippen molar-refractivity contribution in [1.29, 1.82) is 0 Å². The minimum absolute atomic E-state index is 0.146. The lowest BCUT2D eigenvalue weighted by Gasteiger charge is -2.67. The summed E-state index contributed by atoms with van der Waals surface area (Å²) in [6.45, 7) is 8.50. The number of benzene rings is 1. The normalized spacial score (nSPS) is 56.1. The molecule has 296 valence electrons. The maximum atomic E-state index is 14.6. The molecule has 0 aromatic heterocycles. The second-order valence-corrected chi connectivity index (χ2v) is 19.5. The number of ether oxygens (including phenoxy) is 4. The summed E-state index contributed by atoms with van der Waals surface area (Å²) >= 11 is 0. The van der Waals surface area contributed by atoms with Gasteiger partial charge in [-0.05, 0) is 75.1 Å². The van der Waals surface area contributed by atoms with Crippen molar-refractivity contribution in [1.82, 2.24) is 4.72 Å². The van der Waals surface area contributed by atoms with Crippen LogP contribution >= 0.6 is 0 Å². The summed E-state index contributed by atoms with van der Waals surface area (Å²) in [5.74, 6) is -12.7. The number of aliphatic hydroxyl groups excluding tert-OH is 4. The number of Topliss-reactive ketones (excluding diaryl/α,β-unsaturated/α-hetero) is 1. The first-order chi connectivity index (χ1) is 25.1. The number of carbonyl (C=O) groups excluding carboxylic acids is 3. The topological polar surface area (TPSA) is 242 Å². The molecule has 3 aliphatic heterocycles. The second-order valence-electron chi connectivity index (χ2n) is 17.8. The number of esters is 2. The molecular weight excluding hydrogens is 733 g/mol. The third-order valence-corrected chi connectivity index (χ3v) is 17.5. The van der Waals surface area contributed by atoms with Crippen molar-refractivity contribution in [2.75, 3.05) is 0 Å². The Morgan fingerprint density at radius 1 is 0.963 bits per heavy atom. The van der Waals surface area contributed by atoms with Gasteiger partial charge in [0.05, 0.1) is 46.2 Å². The van der Waals surface area contributed by atoms with E-state index in [1.807, 2.05) is 0 Å². The Kier molecular flexibility index (Phi) is 7.44. The molecule has 9 rings (SSSR count). The van der Waals surface area contributed by atoms with E-state index in [2.05, 4.69) is 4.72 Å². The summed E-state index contributed by atoms with van der Waals surface area (Å²) in [6, 6.07) is 2.66. The van der Waals surface area contributed by atoms with Crippen molar-refractivity contribution in [2.24, 2.45) is 57.7 Å². The molecule has 0 radical (unpaired) electrons. The lowest BCUT2D eigenvalue weighted by Crippen LogP contribution is -2.77. The number of sulfonamides is 1. The van der Waals surface area contributed by atoms with Crippen LogP contribution in [0.15, 0.2) is 29.2 Å². The third-order valence-electron chi connectivity index (χ3n) is 16.0. The Morgan fingerprint density at radius 2 is 1.61 bits per heavy atom. The highest BCUT2D eigenvalue weighted by Crippen LogP contribution is 2.80. The number of aliphatic hydroxyl groups is 5. The monoisotopic (exact) mass is 779 g/mol. The van der Waals surface area contributed by atoms with Gasteiger partial charge in [0.1, 0.15) is 36.0 Å². The van der Waals surface area contributed by atoms with Gasteiger partial charge in [-0.2, -0.15) is 0 Å². The molecule has 8 fully saturated rings. The Balaban J connectivity index is 1.27. The lowest BCUT2D eigenvalue weighted by molar-refractivity contribution is -0.278. The third kappa shape index (κ3) is 3.98. The Labute approximate surface area is 310 Å². The summed E-state index contributed by atoms with van der Waals surface area (Å²) in [5.41, 5.74) is -7.49. The predicted octanol–water partition coefficient (Wildman–Crippen LogP) is -0.602. The summed E-state index contributed by atoms with van der Waals surface area (Å²) in [5, 5.41) is 62.6. The smallest absolute Gasteiger partial charge is 0.341 e. The largest absolute Gasteiger partial charge is 0.459 e. The summed E-state index contributed by atoms with van der Waals surface area (Å²) in [7, 11) is -4.50. The van der Waals surface area contributed by atoms with Crippen LogP contribution in [-0.4, -0.2) is 118 Å². The number of hydrogen-bond donors (Lipinski definition) is 6. The molecule has 3 heterocycles. The number of fused-ring (bicyclic) bond motifs is 9. The number of epoxide rings is 2. The van der Waals surface area contributed by atoms with Crippen LogP contribution < -0.4 is 4.72 Å². The lowest BCUT2D eigenvalue weighted by atomic mass is 9.39. The summed E-state index contributed by atoms with van der Waals surface area (Å²) in [6.07, 6.45) is -10.1. The van der Waals surface area contributed by atoms with E-state index in [0.29, 0.717) is 0 Å². The van der Waals surface area contributed by atoms with Crippen LogP contribution in [0.5, 0.6) is 0 Å². The van der Waals surface area contributed by atoms with Crippen LogP contribution in [0, 0.1) is 63.5 Å². The van der Waals surface area contributed by atoms with Crippen LogP contribution in [-0.2, 0) is 43.4 Å². The molecular formula is C37H46FNO14S. The van der Waals surface area contributed by atoms with Crippen molar-refractivity contribution in [2.45, 2.75) is 119 Å². The zero-order valence-corrected chi connectivity index (χ0v) is 31.3. The Bertz CT molecular complexity index is 1960. The van der Waals surface area contributed by atoms with Crippen molar-refractivity contribution >= 4 is 27.7 Å². The van der Waals surface area contributed by atoms with Crippen LogP contribution in [0.4, 0.5) is 4.39 Å². The van der Waals surface area contributed by atoms with Crippen molar-refractivity contribution in [3.05, 3.63) is 30.1 Å². The minimum Gasteiger partial charge on any atom is -0.459 e. The first-order valence-corrected chi connectivity index (χ1v) is 20.0. The predicted molar refractivity (Wildman–Crippen MR) is 177 cm³/mol. The first-order valence-electron chi connectivity index (χ1n) is 18.5. The van der Waals surface area contributed by atoms with Gasteiger partial charge in [-0.15, -0.1) is 0 Å². The van der Waals surface area contributed by atoms with E-state index in [4.69, 9.17) is 18.9 Å². The van der Waals surface area contributed by atoms with E-state index in [0.717, 1.165) is 31.2 Å². The number of ketones is 1. The standard InChI is InChI=1S/C37H46FNO14S/c1-12-20-23(34(5)35(6,47)32(46)53-37(34)31(12)52-37)26(43)21-19-22(28(50-14(3)41)30(45)36(20,21)13(2)40)33(4)17(11-18-27(51-18)29(33)44)24(25(19)42)39-54(48,49)16-9-7-15(38)8-10-16/h7-10,12,17-31,39,42-45,47H,11H2,1-6H3/t12-,17?,18-,19-,20-,21+,22+,23-,24+,25+,26+,27-,28-,29-,30-,31+,33-,34-,35+,36+,37-/m0/s1.